The Hall–Kier alpha value is -1.03. The number of carboxylic acids is 1. The fraction of sp³-hybridized carbons (Fsp3) is 0.533. The zero-order valence-electron chi connectivity index (χ0n) is 11.1. The van der Waals surface area contributed by atoms with Gasteiger partial charge in [0.25, 0.3) is 0 Å². The summed E-state index contributed by atoms with van der Waals surface area (Å²) >= 11 is 3.32. The molecule has 0 aliphatic heterocycles. The molecule has 0 bridgehead atoms. The minimum absolute atomic E-state index is 0.235. The van der Waals surface area contributed by atoms with Crippen LogP contribution in [0.15, 0.2) is 16.6 Å². The van der Waals surface area contributed by atoms with Gasteiger partial charge in [-0.25, -0.2) is 4.79 Å². The molecule has 1 aliphatic carbocycles. The molecule has 3 nitrogen and oxygen atoms in total. The molecule has 1 aromatic rings. The first-order valence-electron chi connectivity index (χ1n) is 6.74. The number of ether oxygens (including phenoxy) is 1. The van der Waals surface area contributed by atoms with Crippen LogP contribution in [0.1, 0.15) is 48.0 Å². The van der Waals surface area contributed by atoms with Crippen LogP contribution in [0.25, 0.3) is 0 Å². The Morgan fingerprint density at radius 3 is 2.74 bits per heavy atom. The molecule has 0 atom stereocenters. The predicted molar refractivity (Wildman–Crippen MR) is 77.9 cm³/mol. The molecule has 1 aromatic carbocycles. The second kappa shape index (κ2) is 6.42. The van der Waals surface area contributed by atoms with Gasteiger partial charge in [0, 0.05) is 4.47 Å². The summed E-state index contributed by atoms with van der Waals surface area (Å²) in [4.78, 5) is 11.2. The average molecular weight is 327 g/mol. The van der Waals surface area contributed by atoms with Crippen molar-refractivity contribution in [3.63, 3.8) is 0 Å². The molecule has 0 radical (unpaired) electrons. The summed E-state index contributed by atoms with van der Waals surface area (Å²) in [5.41, 5.74) is 1.09. The summed E-state index contributed by atoms with van der Waals surface area (Å²) in [7, 11) is 0. The van der Waals surface area contributed by atoms with Crippen LogP contribution >= 0.6 is 15.9 Å². The molecule has 0 amide bonds. The highest BCUT2D eigenvalue weighted by Gasteiger charge is 2.18. The van der Waals surface area contributed by atoms with E-state index in [9.17, 15) is 9.90 Å². The van der Waals surface area contributed by atoms with E-state index in [-0.39, 0.29) is 5.56 Å². The van der Waals surface area contributed by atoms with Crippen molar-refractivity contribution in [2.75, 3.05) is 6.61 Å². The first-order chi connectivity index (χ1) is 9.08. The number of rotatable bonds is 5. The van der Waals surface area contributed by atoms with Crippen LogP contribution in [0.5, 0.6) is 5.75 Å². The average Bonchev–Trinajstić information content (AvgIpc) is 2.84. The lowest BCUT2D eigenvalue weighted by Gasteiger charge is -2.14. The molecule has 1 saturated carbocycles. The van der Waals surface area contributed by atoms with Crippen LogP contribution in [0.2, 0.25) is 0 Å². The molecule has 19 heavy (non-hydrogen) atoms. The lowest BCUT2D eigenvalue weighted by molar-refractivity contribution is 0.0691. The number of hydrogen-bond acceptors (Lipinski definition) is 2. The highest BCUT2D eigenvalue weighted by Crippen LogP contribution is 2.30. The van der Waals surface area contributed by atoms with Gasteiger partial charge >= 0.3 is 5.97 Å². The lowest BCUT2D eigenvalue weighted by atomic mass is 10.1. The van der Waals surface area contributed by atoms with E-state index in [1.807, 2.05) is 13.0 Å². The summed E-state index contributed by atoms with van der Waals surface area (Å²) in [6.45, 7) is 2.48. The maximum atomic E-state index is 11.2. The van der Waals surface area contributed by atoms with Crippen LogP contribution in [0.4, 0.5) is 0 Å². The summed E-state index contributed by atoms with van der Waals surface area (Å²) in [5, 5.41) is 9.22. The number of aromatic carboxylic acids is 1. The molecule has 0 unspecified atom stereocenters. The zero-order chi connectivity index (χ0) is 13.8. The number of carbonyl (C=O) groups is 1. The Bertz CT molecular complexity index is 465. The molecule has 1 N–H and O–H groups in total. The van der Waals surface area contributed by atoms with Gasteiger partial charge in [0.15, 0.2) is 0 Å². The molecular formula is C15H19BrO3. The van der Waals surface area contributed by atoms with E-state index < -0.39 is 5.97 Å². The predicted octanol–water partition coefficient (Wildman–Crippen LogP) is 4.41. The number of hydrogen-bond donors (Lipinski definition) is 1. The lowest BCUT2D eigenvalue weighted by Crippen LogP contribution is -2.09. The molecule has 4 heteroatoms. The van der Waals surface area contributed by atoms with Crippen molar-refractivity contribution in [2.24, 2.45) is 5.92 Å². The quantitative estimate of drug-likeness (QED) is 0.871. The molecule has 0 saturated heterocycles. The number of halogens is 1. The fourth-order valence-corrected chi connectivity index (χ4v) is 3.28. The maximum absolute atomic E-state index is 11.2. The molecule has 2 rings (SSSR count). The Morgan fingerprint density at radius 2 is 2.11 bits per heavy atom. The van der Waals surface area contributed by atoms with Gasteiger partial charge in [-0.1, -0.05) is 41.6 Å². The summed E-state index contributed by atoms with van der Waals surface area (Å²) in [6, 6.07) is 3.48. The molecule has 104 valence electrons. The number of carboxylic acid groups (broad SMARTS) is 1. The van der Waals surface area contributed by atoms with Gasteiger partial charge in [-0.3, -0.25) is 0 Å². The molecule has 0 aromatic heterocycles. The van der Waals surface area contributed by atoms with Crippen LogP contribution in [-0.2, 0) is 0 Å². The van der Waals surface area contributed by atoms with Gasteiger partial charge in [-0.15, -0.1) is 0 Å². The maximum Gasteiger partial charge on any atom is 0.339 e. The molecule has 1 fully saturated rings. The molecule has 1 aliphatic rings. The largest absolute Gasteiger partial charge is 0.492 e. The first kappa shape index (κ1) is 14.4. The van der Waals surface area contributed by atoms with Gasteiger partial charge in [0.2, 0.25) is 0 Å². The SMILES string of the molecule is Cc1cc(Br)cc(C(=O)O)c1OCCC1CCCC1. The highest BCUT2D eigenvalue weighted by molar-refractivity contribution is 9.10. The van der Waals surface area contributed by atoms with Crippen molar-refractivity contribution in [3.8, 4) is 5.75 Å². The second-order valence-electron chi connectivity index (χ2n) is 5.19. The third-order valence-corrected chi connectivity index (χ3v) is 4.17. The summed E-state index contributed by atoms with van der Waals surface area (Å²) < 4.78 is 6.51. The summed E-state index contributed by atoms with van der Waals surface area (Å²) in [5.74, 6) is 0.318. The van der Waals surface area contributed by atoms with Gasteiger partial charge in [-0.05, 0) is 37.0 Å². The normalized spacial score (nSPS) is 15.7. The van der Waals surface area contributed by atoms with E-state index in [0.29, 0.717) is 12.4 Å². The Kier molecular flexibility index (Phi) is 4.86. The topological polar surface area (TPSA) is 46.5 Å². The fourth-order valence-electron chi connectivity index (χ4n) is 2.71. The second-order valence-corrected chi connectivity index (χ2v) is 6.11. The van der Waals surface area contributed by atoms with Crippen molar-refractivity contribution in [1.82, 2.24) is 0 Å². The van der Waals surface area contributed by atoms with Crippen LogP contribution < -0.4 is 4.74 Å². The Balaban J connectivity index is 2.03. The van der Waals surface area contributed by atoms with Crippen LogP contribution in [0, 0.1) is 12.8 Å². The van der Waals surface area contributed by atoms with Crippen LogP contribution in [0.3, 0.4) is 0 Å². The minimum atomic E-state index is -0.944. The highest BCUT2D eigenvalue weighted by atomic mass is 79.9. The van der Waals surface area contributed by atoms with Crippen molar-refractivity contribution < 1.29 is 14.6 Å². The van der Waals surface area contributed by atoms with E-state index in [2.05, 4.69) is 15.9 Å². The Labute approximate surface area is 122 Å². The van der Waals surface area contributed by atoms with Gasteiger partial charge in [0.1, 0.15) is 11.3 Å². The molecule has 0 spiro atoms. The van der Waals surface area contributed by atoms with E-state index in [1.54, 1.807) is 6.07 Å². The first-order valence-corrected chi connectivity index (χ1v) is 7.53. The van der Waals surface area contributed by atoms with Crippen molar-refractivity contribution in [1.29, 1.82) is 0 Å². The monoisotopic (exact) mass is 326 g/mol. The van der Waals surface area contributed by atoms with Crippen molar-refractivity contribution >= 4 is 21.9 Å². The van der Waals surface area contributed by atoms with Gasteiger partial charge in [0.05, 0.1) is 6.61 Å². The molecular weight excluding hydrogens is 308 g/mol. The van der Waals surface area contributed by atoms with Gasteiger partial charge < -0.3 is 9.84 Å². The molecule has 0 heterocycles. The zero-order valence-corrected chi connectivity index (χ0v) is 12.7. The third-order valence-electron chi connectivity index (χ3n) is 3.72. The minimum Gasteiger partial charge on any atom is -0.492 e. The van der Waals surface area contributed by atoms with Gasteiger partial charge in [-0.2, -0.15) is 0 Å². The van der Waals surface area contributed by atoms with E-state index in [4.69, 9.17) is 4.74 Å². The smallest absolute Gasteiger partial charge is 0.339 e. The van der Waals surface area contributed by atoms with E-state index in [0.717, 1.165) is 22.4 Å². The summed E-state index contributed by atoms with van der Waals surface area (Å²) in [6.07, 6.45) is 6.24. The van der Waals surface area contributed by atoms with Crippen LogP contribution in [-0.4, -0.2) is 17.7 Å². The van der Waals surface area contributed by atoms with E-state index >= 15 is 0 Å². The number of benzene rings is 1. The van der Waals surface area contributed by atoms with Crippen molar-refractivity contribution in [3.05, 3.63) is 27.7 Å². The van der Waals surface area contributed by atoms with Crippen molar-refractivity contribution in [2.45, 2.75) is 39.0 Å². The van der Waals surface area contributed by atoms with E-state index in [1.165, 1.54) is 25.7 Å². The third kappa shape index (κ3) is 3.72. The standard InChI is InChI=1S/C15H19BrO3/c1-10-8-12(16)9-13(15(17)18)14(10)19-7-6-11-4-2-3-5-11/h8-9,11H,2-7H2,1H3,(H,17,18). The Morgan fingerprint density at radius 1 is 1.42 bits per heavy atom. The number of aryl methyl sites for hydroxylation is 1.